The third-order valence-electron chi connectivity index (χ3n) is 4.25. The van der Waals surface area contributed by atoms with Crippen molar-refractivity contribution in [3.8, 4) is 0 Å². The van der Waals surface area contributed by atoms with Crippen LogP contribution in [0.5, 0.6) is 0 Å². The second kappa shape index (κ2) is 5.76. The van der Waals surface area contributed by atoms with Gasteiger partial charge in [-0.05, 0) is 48.4 Å². The molecule has 0 spiro atoms. The lowest BCUT2D eigenvalue weighted by molar-refractivity contribution is 0.488. The molecule has 20 heavy (non-hydrogen) atoms. The number of benzene rings is 2. The Bertz CT molecular complexity index is 549. The molecule has 0 amide bonds. The Labute approximate surface area is 119 Å². The van der Waals surface area contributed by atoms with Crippen LogP contribution in [0, 0.1) is 11.7 Å². The summed E-state index contributed by atoms with van der Waals surface area (Å²) in [5, 5.41) is 3.60. The van der Waals surface area contributed by atoms with E-state index in [0.29, 0.717) is 17.9 Å². The highest BCUT2D eigenvalue weighted by Gasteiger charge is 2.41. The molecular weight excluding hydrogens is 249 g/mol. The maximum absolute atomic E-state index is 12.9. The SMILES string of the molecule is C[C@H](NCc1ccccc1)[C@@H]1C[C@@H]1c1ccc(F)cc1. The molecular formula is C18H20FN. The van der Waals surface area contributed by atoms with Gasteiger partial charge in [0.05, 0.1) is 0 Å². The first kappa shape index (κ1) is 13.3. The summed E-state index contributed by atoms with van der Waals surface area (Å²) >= 11 is 0. The van der Waals surface area contributed by atoms with Gasteiger partial charge in [-0.3, -0.25) is 0 Å². The minimum absolute atomic E-state index is 0.152. The fraction of sp³-hybridized carbons (Fsp3) is 0.333. The molecule has 3 atom stereocenters. The van der Waals surface area contributed by atoms with Crippen molar-refractivity contribution in [2.45, 2.75) is 31.8 Å². The van der Waals surface area contributed by atoms with E-state index < -0.39 is 0 Å². The van der Waals surface area contributed by atoms with Crippen LogP contribution in [0.25, 0.3) is 0 Å². The summed E-state index contributed by atoms with van der Waals surface area (Å²) in [6.45, 7) is 3.16. The maximum Gasteiger partial charge on any atom is 0.123 e. The van der Waals surface area contributed by atoms with E-state index >= 15 is 0 Å². The van der Waals surface area contributed by atoms with E-state index in [9.17, 15) is 4.39 Å². The molecule has 1 aliphatic carbocycles. The normalized spacial score (nSPS) is 22.5. The zero-order valence-corrected chi connectivity index (χ0v) is 11.7. The lowest BCUT2D eigenvalue weighted by Crippen LogP contribution is -2.27. The standard InChI is InChI=1S/C18H20FN/c1-13(20-12-14-5-3-2-4-6-14)17-11-18(17)15-7-9-16(19)10-8-15/h2-10,13,17-18,20H,11-12H2,1H3/t13-,17-,18+/m0/s1. The Morgan fingerprint density at radius 1 is 1.10 bits per heavy atom. The van der Waals surface area contributed by atoms with E-state index in [4.69, 9.17) is 0 Å². The van der Waals surface area contributed by atoms with Crippen LogP contribution < -0.4 is 5.32 Å². The van der Waals surface area contributed by atoms with Crippen molar-refractivity contribution >= 4 is 0 Å². The lowest BCUT2D eigenvalue weighted by Gasteiger charge is -2.14. The minimum atomic E-state index is -0.152. The Balaban J connectivity index is 1.52. The van der Waals surface area contributed by atoms with Gasteiger partial charge in [0, 0.05) is 12.6 Å². The third kappa shape index (κ3) is 3.07. The van der Waals surface area contributed by atoms with Crippen LogP contribution >= 0.6 is 0 Å². The number of hydrogen-bond donors (Lipinski definition) is 1. The zero-order chi connectivity index (χ0) is 13.9. The highest BCUT2D eigenvalue weighted by Crippen LogP contribution is 2.49. The second-order valence-electron chi connectivity index (χ2n) is 5.71. The van der Waals surface area contributed by atoms with Crippen LogP contribution in [-0.2, 0) is 6.54 Å². The molecule has 2 aromatic carbocycles. The fourth-order valence-corrected chi connectivity index (χ4v) is 2.89. The topological polar surface area (TPSA) is 12.0 Å². The monoisotopic (exact) mass is 269 g/mol. The van der Waals surface area contributed by atoms with Gasteiger partial charge in [0.15, 0.2) is 0 Å². The van der Waals surface area contributed by atoms with Gasteiger partial charge in [-0.25, -0.2) is 4.39 Å². The van der Waals surface area contributed by atoms with Crippen molar-refractivity contribution in [1.82, 2.24) is 5.32 Å². The molecule has 2 heteroatoms. The highest BCUT2D eigenvalue weighted by atomic mass is 19.1. The van der Waals surface area contributed by atoms with E-state index in [1.165, 1.54) is 17.5 Å². The molecule has 1 fully saturated rings. The smallest absolute Gasteiger partial charge is 0.123 e. The van der Waals surface area contributed by atoms with E-state index in [2.05, 4.69) is 36.5 Å². The van der Waals surface area contributed by atoms with Crippen molar-refractivity contribution < 1.29 is 4.39 Å². The molecule has 1 N–H and O–H groups in total. The van der Waals surface area contributed by atoms with Crippen LogP contribution in [0.1, 0.15) is 30.4 Å². The van der Waals surface area contributed by atoms with Gasteiger partial charge in [-0.1, -0.05) is 42.5 Å². The minimum Gasteiger partial charge on any atom is -0.310 e. The Kier molecular flexibility index (Phi) is 3.83. The highest BCUT2D eigenvalue weighted by molar-refractivity contribution is 5.27. The van der Waals surface area contributed by atoms with Gasteiger partial charge < -0.3 is 5.32 Å². The molecule has 1 aliphatic rings. The molecule has 0 radical (unpaired) electrons. The van der Waals surface area contributed by atoms with Crippen molar-refractivity contribution in [3.63, 3.8) is 0 Å². The predicted octanol–water partition coefficient (Wildman–Crippen LogP) is 4.11. The van der Waals surface area contributed by atoms with Gasteiger partial charge in [-0.15, -0.1) is 0 Å². The third-order valence-corrected chi connectivity index (χ3v) is 4.25. The summed E-state index contributed by atoms with van der Waals surface area (Å²) in [7, 11) is 0. The van der Waals surface area contributed by atoms with E-state index in [1.54, 1.807) is 12.1 Å². The summed E-state index contributed by atoms with van der Waals surface area (Å²) < 4.78 is 12.9. The molecule has 1 saturated carbocycles. The quantitative estimate of drug-likeness (QED) is 0.861. The van der Waals surface area contributed by atoms with Crippen LogP contribution in [0.15, 0.2) is 54.6 Å². The first-order valence-electron chi connectivity index (χ1n) is 7.27. The average molecular weight is 269 g/mol. The molecule has 3 rings (SSSR count). The van der Waals surface area contributed by atoms with Crippen molar-refractivity contribution in [1.29, 1.82) is 0 Å². The van der Waals surface area contributed by atoms with Crippen molar-refractivity contribution in [3.05, 3.63) is 71.5 Å². The Morgan fingerprint density at radius 3 is 2.50 bits per heavy atom. The van der Waals surface area contributed by atoms with Crippen LogP contribution in [0.3, 0.4) is 0 Å². The van der Waals surface area contributed by atoms with Crippen LogP contribution in [0.4, 0.5) is 4.39 Å². The number of halogens is 1. The Hall–Kier alpha value is -1.67. The van der Waals surface area contributed by atoms with Gasteiger partial charge in [0.2, 0.25) is 0 Å². The molecule has 0 saturated heterocycles. The summed E-state index contributed by atoms with van der Waals surface area (Å²) in [6.07, 6.45) is 1.20. The van der Waals surface area contributed by atoms with E-state index in [0.717, 1.165) is 6.54 Å². The Morgan fingerprint density at radius 2 is 1.80 bits per heavy atom. The first-order valence-corrected chi connectivity index (χ1v) is 7.27. The summed E-state index contributed by atoms with van der Waals surface area (Å²) in [6, 6.07) is 17.9. The predicted molar refractivity (Wildman–Crippen MR) is 80.0 cm³/mol. The molecule has 0 bridgehead atoms. The molecule has 104 valence electrons. The molecule has 1 nitrogen and oxygen atoms in total. The summed E-state index contributed by atoms with van der Waals surface area (Å²) in [5.74, 6) is 1.11. The number of hydrogen-bond acceptors (Lipinski definition) is 1. The van der Waals surface area contributed by atoms with Gasteiger partial charge in [0.25, 0.3) is 0 Å². The van der Waals surface area contributed by atoms with Crippen LogP contribution in [0.2, 0.25) is 0 Å². The summed E-state index contributed by atoms with van der Waals surface area (Å²) in [5.41, 5.74) is 2.59. The largest absolute Gasteiger partial charge is 0.310 e. The van der Waals surface area contributed by atoms with E-state index in [1.807, 2.05) is 18.2 Å². The van der Waals surface area contributed by atoms with Gasteiger partial charge in [0.1, 0.15) is 5.82 Å². The molecule has 2 aromatic rings. The molecule has 0 aromatic heterocycles. The van der Waals surface area contributed by atoms with Gasteiger partial charge >= 0.3 is 0 Å². The van der Waals surface area contributed by atoms with E-state index in [-0.39, 0.29) is 5.82 Å². The summed E-state index contributed by atoms with van der Waals surface area (Å²) in [4.78, 5) is 0. The fourth-order valence-electron chi connectivity index (χ4n) is 2.89. The molecule has 0 heterocycles. The zero-order valence-electron chi connectivity index (χ0n) is 11.7. The van der Waals surface area contributed by atoms with Crippen LogP contribution in [-0.4, -0.2) is 6.04 Å². The number of rotatable bonds is 5. The molecule has 0 aliphatic heterocycles. The van der Waals surface area contributed by atoms with Crippen molar-refractivity contribution in [2.75, 3.05) is 0 Å². The maximum atomic E-state index is 12.9. The molecule has 0 unspecified atom stereocenters. The lowest BCUT2D eigenvalue weighted by atomic mass is 10.1. The average Bonchev–Trinajstić information content (AvgIpc) is 3.27. The first-order chi connectivity index (χ1) is 9.74. The van der Waals surface area contributed by atoms with Crippen molar-refractivity contribution in [2.24, 2.45) is 5.92 Å². The van der Waals surface area contributed by atoms with Gasteiger partial charge in [-0.2, -0.15) is 0 Å². The number of nitrogens with one attached hydrogen (secondary N) is 1. The second-order valence-corrected chi connectivity index (χ2v) is 5.71.